The molecule has 4 rings (SSSR count). The summed E-state index contributed by atoms with van der Waals surface area (Å²) in [6, 6.07) is 6.28. The van der Waals surface area contributed by atoms with Gasteiger partial charge in [-0.3, -0.25) is 19.3 Å². The zero-order valence-corrected chi connectivity index (χ0v) is 27.6. The zero-order valence-electron chi connectivity index (χ0n) is 27.6. The first-order chi connectivity index (χ1) is 21.1. The fraction of sp³-hybridized carbons (Fsp3) is 0.500. The molecule has 9 heteroatoms. The number of alkyl halides is 1. The number of Topliss-reactive ketones (excluding diaryl/α,β-unsaturated/α-hetero) is 1. The Bertz CT molecular complexity index is 1650. The van der Waals surface area contributed by atoms with Crippen LogP contribution in [0.1, 0.15) is 83.3 Å². The fourth-order valence-corrected chi connectivity index (χ4v) is 6.59. The van der Waals surface area contributed by atoms with Gasteiger partial charge in [-0.05, 0) is 105 Å². The number of nitrogens with zero attached hydrogens (tertiary/aromatic N) is 3. The standard InChI is InChI=1S/C36H45F2N3O4/c1-19(2)11-31(41-36(45)25(8)24(7)30(39-41)9-10-40-17-27(37)18-40)35(44)29(16-32(42)43)28-15-26(14-23(6)34(28)38)33-21(4)12-20(3)13-22(33)5/h12-15,19,27,29,31H,9-11,16-18H2,1-8H3,(H,42,43)/t29-,31-/m0/s1. The molecule has 0 radical (unpaired) electrons. The van der Waals surface area contributed by atoms with Crippen LogP contribution in [-0.4, -0.2) is 57.3 Å². The van der Waals surface area contributed by atoms with Crippen molar-refractivity contribution in [2.24, 2.45) is 5.92 Å². The summed E-state index contributed by atoms with van der Waals surface area (Å²) in [4.78, 5) is 42.4. The Morgan fingerprint density at radius 2 is 1.60 bits per heavy atom. The molecule has 1 N–H and O–H groups in total. The van der Waals surface area contributed by atoms with Crippen molar-refractivity contribution in [3.05, 3.63) is 85.1 Å². The lowest BCUT2D eigenvalue weighted by molar-refractivity contribution is -0.140. The molecule has 2 aromatic carbocycles. The van der Waals surface area contributed by atoms with Crippen LogP contribution in [0.5, 0.6) is 0 Å². The smallest absolute Gasteiger partial charge is 0.304 e. The second kappa shape index (κ2) is 13.7. The Morgan fingerprint density at radius 3 is 2.16 bits per heavy atom. The number of aliphatic carboxylic acids is 1. The summed E-state index contributed by atoms with van der Waals surface area (Å²) in [5, 5.41) is 14.6. The van der Waals surface area contributed by atoms with Crippen LogP contribution in [0.2, 0.25) is 0 Å². The number of aromatic nitrogens is 2. The molecule has 1 saturated heterocycles. The largest absolute Gasteiger partial charge is 0.481 e. The molecule has 1 aliphatic rings. The Balaban J connectivity index is 1.84. The van der Waals surface area contributed by atoms with Crippen molar-refractivity contribution < 1.29 is 23.5 Å². The highest BCUT2D eigenvalue weighted by Gasteiger charge is 2.36. The van der Waals surface area contributed by atoms with Gasteiger partial charge >= 0.3 is 5.97 Å². The molecule has 0 aliphatic carbocycles. The number of carbonyl (C=O) groups excluding carboxylic acids is 1. The highest BCUT2D eigenvalue weighted by molar-refractivity contribution is 5.93. The number of ketones is 1. The SMILES string of the molecule is Cc1cc(C)c(-c2cc(C)c(F)c([C@H](CC(=O)O)C(=O)[C@H](CC(C)C)n3nc(CCN4CC(F)C4)c(C)c(C)c3=O)c2)c(C)c1. The van der Waals surface area contributed by atoms with E-state index in [2.05, 4.69) is 5.10 Å². The van der Waals surface area contributed by atoms with Gasteiger partial charge in [0, 0.05) is 31.6 Å². The highest BCUT2D eigenvalue weighted by atomic mass is 19.1. The summed E-state index contributed by atoms with van der Waals surface area (Å²) in [6.45, 7) is 16.1. The maximum absolute atomic E-state index is 16.0. The van der Waals surface area contributed by atoms with Crippen LogP contribution in [0.3, 0.4) is 0 Å². The summed E-state index contributed by atoms with van der Waals surface area (Å²) >= 11 is 0. The summed E-state index contributed by atoms with van der Waals surface area (Å²) in [7, 11) is 0. The van der Waals surface area contributed by atoms with Crippen LogP contribution in [0.25, 0.3) is 11.1 Å². The number of benzene rings is 2. The maximum Gasteiger partial charge on any atom is 0.304 e. The third kappa shape index (κ3) is 7.40. The van der Waals surface area contributed by atoms with Gasteiger partial charge < -0.3 is 5.11 Å². The molecule has 1 aliphatic heterocycles. The number of halogens is 2. The van der Waals surface area contributed by atoms with Gasteiger partial charge in [0.1, 0.15) is 18.0 Å². The van der Waals surface area contributed by atoms with E-state index >= 15 is 4.39 Å². The lowest BCUT2D eigenvalue weighted by Gasteiger charge is -2.34. The van der Waals surface area contributed by atoms with Gasteiger partial charge in [-0.25, -0.2) is 13.5 Å². The molecular formula is C36H45F2N3O4. The minimum absolute atomic E-state index is 0.00111. The number of likely N-dealkylation sites (tertiary alicyclic amines) is 1. The van der Waals surface area contributed by atoms with Crippen LogP contribution in [0, 0.1) is 53.3 Å². The average Bonchev–Trinajstić information content (AvgIpc) is 2.92. The second-order valence-electron chi connectivity index (χ2n) is 13.2. The summed E-state index contributed by atoms with van der Waals surface area (Å²) in [5.74, 6) is -3.85. The van der Waals surface area contributed by atoms with E-state index in [-0.39, 0.29) is 17.9 Å². The fourth-order valence-electron chi connectivity index (χ4n) is 6.59. The van der Waals surface area contributed by atoms with Crippen LogP contribution in [0.4, 0.5) is 8.78 Å². The molecule has 1 fully saturated rings. The molecule has 3 aromatic rings. The lowest BCUT2D eigenvalue weighted by atomic mass is 9.82. The number of rotatable bonds is 12. The predicted octanol–water partition coefficient (Wildman–Crippen LogP) is 6.51. The first kappa shape index (κ1) is 34.2. The quantitative estimate of drug-likeness (QED) is 0.248. The monoisotopic (exact) mass is 621 g/mol. The predicted molar refractivity (Wildman–Crippen MR) is 172 cm³/mol. The summed E-state index contributed by atoms with van der Waals surface area (Å²) < 4.78 is 30.6. The van der Waals surface area contributed by atoms with E-state index < -0.39 is 47.7 Å². The number of hydrogen-bond acceptors (Lipinski definition) is 5. The molecule has 242 valence electrons. The van der Waals surface area contributed by atoms with Gasteiger partial charge in [0.25, 0.3) is 5.56 Å². The van der Waals surface area contributed by atoms with Crippen LogP contribution < -0.4 is 5.56 Å². The van der Waals surface area contributed by atoms with Gasteiger partial charge in [0.15, 0.2) is 5.78 Å². The molecule has 0 saturated carbocycles. The highest BCUT2D eigenvalue weighted by Crippen LogP contribution is 2.37. The molecule has 7 nitrogen and oxygen atoms in total. The zero-order chi connectivity index (χ0) is 33.3. The van der Waals surface area contributed by atoms with Crippen LogP contribution in [-0.2, 0) is 16.0 Å². The van der Waals surface area contributed by atoms with E-state index in [4.69, 9.17) is 0 Å². The van der Waals surface area contributed by atoms with Crippen molar-refractivity contribution >= 4 is 11.8 Å². The van der Waals surface area contributed by atoms with Gasteiger partial charge in [-0.15, -0.1) is 0 Å². The molecule has 45 heavy (non-hydrogen) atoms. The molecule has 0 amide bonds. The van der Waals surface area contributed by atoms with Crippen molar-refractivity contribution in [2.45, 2.75) is 92.8 Å². The first-order valence-electron chi connectivity index (χ1n) is 15.7. The van der Waals surface area contributed by atoms with Crippen LogP contribution in [0.15, 0.2) is 29.1 Å². The minimum atomic E-state index is -1.35. The third-order valence-electron chi connectivity index (χ3n) is 8.99. The van der Waals surface area contributed by atoms with Crippen molar-refractivity contribution in [1.29, 1.82) is 0 Å². The molecule has 0 bridgehead atoms. The Labute approximate surface area is 264 Å². The van der Waals surface area contributed by atoms with Gasteiger partial charge in [0.2, 0.25) is 0 Å². The number of carboxylic acids is 1. The number of carbonyl (C=O) groups is 2. The van der Waals surface area contributed by atoms with Crippen molar-refractivity contribution in [1.82, 2.24) is 14.7 Å². The molecular weight excluding hydrogens is 576 g/mol. The Hall–Kier alpha value is -3.72. The average molecular weight is 622 g/mol. The van der Waals surface area contributed by atoms with Gasteiger partial charge in [-0.2, -0.15) is 5.10 Å². The molecule has 0 unspecified atom stereocenters. The molecule has 2 heterocycles. The summed E-state index contributed by atoms with van der Waals surface area (Å²) in [6.07, 6.45) is -0.789. The van der Waals surface area contributed by atoms with Gasteiger partial charge in [-0.1, -0.05) is 31.5 Å². The van der Waals surface area contributed by atoms with Crippen molar-refractivity contribution in [3.63, 3.8) is 0 Å². The van der Waals surface area contributed by atoms with Crippen molar-refractivity contribution in [3.8, 4) is 11.1 Å². The minimum Gasteiger partial charge on any atom is -0.481 e. The Morgan fingerprint density at radius 1 is 0.978 bits per heavy atom. The lowest BCUT2D eigenvalue weighted by Crippen LogP contribution is -2.49. The van der Waals surface area contributed by atoms with E-state index in [0.29, 0.717) is 54.0 Å². The van der Waals surface area contributed by atoms with Crippen molar-refractivity contribution in [2.75, 3.05) is 19.6 Å². The van der Waals surface area contributed by atoms with E-state index in [9.17, 15) is 23.9 Å². The maximum atomic E-state index is 16.0. The molecule has 1 aromatic heterocycles. The van der Waals surface area contributed by atoms with E-state index in [1.165, 1.54) is 4.68 Å². The van der Waals surface area contributed by atoms with E-state index in [1.54, 1.807) is 26.0 Å². The first-order valence-corrected chi connectivity index (χ1v) is 15.7. The van der Waals surface area contributed by atoms with E-state index in [0.717, 1.165) is 22.3 Å². The summed E-state index contributed by atoms with van der Waals surface area (Å²) in [5.41, 5.74) is 6.32. The molecule has 2 atom stereocenters. The van der Waals surface area contributed by atoms with Gasteiger partial charge in [0.05, 0.1) is 18.0 Å². The second-order valence-corrected chi connectivity index (χ2v) is 13.2. The number of carboxylic acid groups (broad SMARTS) is 1. The number of aryl methyl sites for hydroxylation is 4. The van der Waals surface area contributed by atoms with Crippen LogP contribution >= 0.6 is 0 Å². The number of hydrogen-bond donors (Lipinski definition) is 1. The third-order valence-corrected chi connectivity index (χ3v) is 8.99. The Kier molecular flexibility index (Phi) is 10.4. The normalized spacial score (nSPS) is 15.3. The topological polar surface area (TPSA) is 92.5 Å². The van der Waals surface area contributed by atoms with E-state index in [1.807, 2.05) is 58.6 Å². The molecule has 0 spiro atoms.